The van der Waals surface area contributed by atoms with Crippen molar-refractivity contribution in [3.05, 3.63) is 113 Å². The molecular weight excluding hydrogens is 466 g/mol. The van der Waals surface area contributed by atoms with E-state index >= 15 is 0 Å². The third-order valence-corrected chi connectivity index (χ3v) is 6.29. The van der Waals surface area contributed by atoms with Crippen molar-refractivity contribution in [3.8, 4) is 5.75 Å². The van der Waals surface area contributed by atoms with Crippen molar-refractivity contribution in [2.75, 3.05) is 23.1 Å². The van der Waals surface area contributed by atoms with Gasteiger partial charge in [-0.05, 0) is 44.2 Å². The van der Waals surface area contributed by atoms with Crippen LogP contribution in [0.2, 0.25) is 0 Å². The molecule has 0 unspecified atom stereocenters. The molecule has 3 N–H and O–H groups in total. The molecule has 1 atom stereocenters. The Morgan fingerprint density at radius 3 is 2.24 bits per heavy atom. The largest absolute Gasteiger partial charge is 0.496 e. The van der Waals surface area contributed by atoms with E-state index in [1.54, 1.807) is 11.8 Å². The maximum atomic E-state index is 13.6. The van der Waals surface area contributed by atoms with Gasteiger partial charge in [0.05, 0.1) is 18.9 Å². The summed E-state index contributed by atoms with van der Waals surface area (Å²) in [6.45, 7) is 3.81. The predicted octanol–water partition coefficient (Wildman–Crippen LogP) is 5.38. The van der Waals surface area contributed by atoms with E-state index in [2.05, 4.69) is 21.0 Å². The number of methoxy groups -OCH3 is 1. The highest BCUT2D eigenvalue weighted by atomic mass is 16.5. The molecule has 37 heavy (non-hydrogen) atoms. The minimum atomic E-state index is -0.628. The number of hydrogen-bond donors (Lipinski definition) is 3. The molecule has 5 rings (SSSR count). The van der Waals surface area contributed by atoms with Gasteiger partial charge in [0.25, 0.3) is 11.8 Å². The number of hydrogen-bond acceptors (Lipinski definition) is 5. The molecule has 2 amide bonds. The van der Waals surface area contributed by atoms with E-state index in [-0.39, 0.29) is 11.8 Å². The molecule has 0 bridgehead atoms. The van der Waals surface area contributed by atoms with E-state index in [0.29, 0.717) is 39.8 Å². The molecular formula is C29H27N5O3. The van der Waals surface area contributed by atoms with Crippen molar-refractivity contribution in [2.24, 2.45) is 0 Å². The lowest BCUT2D eigenvalue weighted by Crippen LogP contribution is -2.32. The summed E-state index contributed by atoms with van der Waals surface area (Å²) in [5.74, 6) is 0.522. The van der Waals surface area contributed by atoms with Crippen LogP contribution in [0.5, 0.6) is 5.75 Å². The van der Waals surface area contributed by atoms with Crippen LogP contribution >= 0.6 is 0 Å². The smallest absolute Gasteiger partial charge is 0.261 e. The monoisotopic (exact) mass is 493 g/mol. The number of allylic oxidation sites excluding steroid dienone is 1. The fourth-order valence-electron chi connectivity index (χ4n) is 4.45. The van der Waals surface area contributed by atoms with E-state index in [1.165, 1.54) is 6.20 Å². The molecule has 0 aliphatic carbocycles. The molecule has 3 aromatic carbocycles. The number of aryl methyl sites for hydroxylation is 1. The van der Waals surface area contributed by atoms with Crippen LogP contribution < -0.4 is 20.7 Å². The number of aromatic nitrogens is 2. The van der Waals surface area contributed by atoms with Crippen molar-refractivity contribution in [3.63, 3.8) is 0 Å². The number of carbonyl (C=O) groups excluding carboxylic acids is 2. The third-order valence-electron chi connectivity index (χ3n) is 6.29. The van der Waals surface area contributed by atoms with E-state index in [4.69, 9.17) is 4.74 Å². The number of anilines is 3. The van der Waals surface area contributed by atoms with E-state index in [9.17, 15) is 9.59 Å². The average molecular weight is 494 g/mol. The van der Waals surface area contributed by atoms with Crippen molar-refractivity contribution in [1.29, 1.82) is 0 Å². The van der Waals surface area contributed by atoms with Crippen LogP contribution in [0.1, 0.15) is 34.5 Å². The zero-order chi connectivity index (χ0) is 25.9. The van der Waals surface area contributed by atoms with Gasteiger partial charge in [0.2, 0.25) is 0 Å². The molecule has 2 heterocycles. The normalized spacial score (nSPS) is 14.4. The summed E-state index contributed by atoms with van der Waals surface area (Å²) in [6.07, 6.45) is 1.51. The fraction of sp³-hybridized carbons (Fsp3) is 0.138. The molecule has 186 valence electrons. The standard InChI is InChI=1S/C29H27N5O3/c1-18-13-15-21(16-14-18)32-28(35)23-17-30-34-26(22-11-7-8-12-24(22)37-3)25(19(2)31-27(23)34)29(36)33-20-9-5-4-6-10-20/h4-17,26,31H,1-3H3,(H,32,35)(H,33,36)/t26-/m1/s1. The summed E-state index contributed by atoms with van der Waals surface area (Å²) in [6, 6.07) is 23.7. The Morgan fingerprint density at radius 2 is 1.51 bits per heavy atom. The third kappa shape index (κ3) is 4.69. The molecule has 8 heteroatoms. The van der Waals surface area contributed by atoms with Crippen molar-refractivity contribution in [1.82, 2.24) is 9.78 Å². The summed E-state index contributed by atoms with van der Waals surface area (Å²) in [4.78, 5) is 26.8. The van der Waals surface area contributed by atoms with Gasteiger partial charge in [-0.3, -0.25) is 9.59 Å². The highest BCUT2D eigenvalue weighted by Crippen LogP contribution is 2.41. The minimum absolute atomic E-state index is 0.279. The second kappa shape index (κ2) is 10.0. The number of benzene rings is 3. The van der Waals surface area contributed by atoms with Crippen LogP contribution in [0.3, 0.4) is 0 Å². The maximum absolute atomic E-state index is 13.6. The van der Waals surface area contributed by atoms with Gasteiger partial charge >= 0.3 is 0 Å². The Bertz CT molecular complexity index is 1490. The minimum Gasteiger partial charge on any atom is -0.496 e. The van der Waals surface area contributed by atoms with Crippen molar-refractivity contribution >= 4 is 29.0 Å². The Morgan fingerprint density at radius 1 is 0.865 bits per heavy atom. The van der Waals surface area contributed by atoms with E-state index in [0.717, 1.165) is 11.1 Å². The number of fused-ring (bicyclic) bond motifs is 1. The topological polar surface area (TPSA) is 97.3 Å². The van der Waals surface area contributed by atoms with Crippen molar-refractivity contribution < 1.29 is 14.3 Å². The molecule has 4 aromatic rings. The Balaban J connectivity index is 1.56. The lowest BCUT2D eigenvalue weighted by Gasteiger charge is -2.31. The van der Waals surface area contributed by atoms with Crippen LogP contribution in [-0.2, 0) is 4.79 Å². The summed E-state index contributed by atoms with van der Waals surface area (Å²) in [5.41, 5.74) is 4.65. The summed E-state index contributed by atoms with van der Waals surface area (Å²) < 4.78 is 7.30. The first-order valence-corrected chi connectivity index (χ1v) is 11.9. The highest BCUT2D eigenvalue weighted by molar-refractivity contribution is 6.09. The van der Waals surface area contributed by atoms with Gasteiger partial charge in [-0.25, -0.2) is 4.68 Å². The van der Waals surface area contributed by atoms with Gasteiger partial charge in [0.15, 0.2) is 0 Å². The Kier molecular flexibility index (Phi) is 6.47. The fourth-order valence-corrected chi connectivity index (χ4v) is 4.45. The van der Waals surface area contributed by atoms with Crippen LogP contribution in [0, 0.1) is 6.92 Å². The predicted molar refractivity (Wildman–Crippen MR) is 144 cm³/mol. The number of nitrogens with zero attached hydrogens (tertiary/aromatic N) is 2. The van der Waals surface area contributed by atoms with Gasteiger partial charge in [-0.1, -0.05) is 54.1 Å². The Labute approximate surface area is 215 Å². The molecule has 0 fully saturated rings. The van der Waals surface area contributed by atoms with Gasteiger partial charge in [0.1, 0.15) is 23.2 Å². The molecule has 0 saturated heterocycles. The van der Waals surface area contributed by atoms with Crippen LogP contribution in [0.25, 0.3) is 0 Å². The van der Waals surface area contributed by atoms with Crippen LogP contribution in [0.4, 0.5) is 17.2 Å². The second-order valence-corrected chi connectivity index (χ2v) is 8.80. The van der Waals surface area contributed by atoms with Gasteiger partial charge in [0, 0.05) is 22.6 Å². The van der Waals surface area contributed by atoms with Crippen LogP contribution in [0.15, 0.2) is 96.3 Å². The Hall–Kier alpha value is -4.85. The number of carbonyl (C=O) groups is 2. The van der Waals surface area contributed by atoms with Gasteiger partial charge in [-0.2, -0.15) is 5.10 Å². The summed E-state index contributed by atoms with van der Waals surface area (Å²) in [7, 11) is 1.59. The number of para-hydroxylation sites is 2. The molecule has 8 nitrogen and oxygen atoms in total. The number of ether oxygens (including phenoxy) is 1. The van der Waals surface area contributed by atoms with Crippen molar-refractivity contribution in [2.45, 2.75) is 19.9 Å². The quantitative estimate of drug-likeness (QED) is 0.335. The first kappa shape index (κ1) is 23.9. The zero-order valence-electron chi connectivity index (χ0n) is 20.8. The summed E-state index contributed by atoms with van der Waals surface area (Å²) in [5, 5.41) is 13.7. The lowest BCUT2D eigenvalue weighted by molar-refractivity contribution is -0.113. The van der Waals surface area contributed by atoms with Gasteiger partial charge < -0.3 is 20.7 Å². The molecule has 1 aliphatic rings. The first-order chi connectivity index (χ1) is 18.0. The average Bonchev–Trinajstić information content (AvgIpc) is 3.33. The molecule has 0 radical (unpaired) electrons. The first-order valence-electron chi connectivity index (χ1n) is 11.9. The molecule has 1 aliphatic heterocycles. The molecule has 0 spiro atoms. The number of amides is 2. The van der Waals surface area contributed by atoms with Crippen LogP contribution in [-0.4, -0.2) is 28.7 Å². The van der Waals surface area contributed by atoms with E-state index in [1.807, 2.05) is 92.7 Å². The summed E-state index contributed by atoms with van der Waals surface area (Å²) >= 11 is 0. The molecule has 0 saturated carbocycles. The van der Waals surface area contributed by atoms with E-state index < -0.39 is 6.04 Å². The van der Waals surface area contributed by atoms with Gasteiger partial charge in [-0.15, -0.1) is 0 Å². The zero-order valence-corrected chi connectivity index (χ0v) is 20.8. The SMILES string of the molecule is COc1ccccc1[C@@H]1C(C(=O)Nc2ccccc2)=C(C)Nc2c(C(=O)Nc3ccc(C)cc3)cnn21. The second-order valence-electron chi connectivity index (χ2n) is 8.80. The lowest BCUT2D eigenvalue weighted by atomic mass is 9.93. The maximum Gasteiger partial charge on any atom is 0.261 e. The number of nitrogens with one attached hydrogen (secondary N) is 3. The molecule has 1 aromatic heterocycles. The number of rotatable bonds is 6. The highest BCUT2D eigenvalue weighted by Gasteiger charge is 2.36.